The molecule has 3 atom stereocenters. The molecule has 0 saturated heterocycles. The highest BCUT2D eigenvalue weighted by atomic mass is 35.7. The van der Waals surface area contributed by atoms with E-state index in [4.69, 9.17) is 4.57 Å². The van der Waals surface area contributed by atoms with Crippen molar-refractivity contribution in [2.75, 3.05) is 0 Å². The third kappa shape index (κ3) is 79.5. The lowest BCUT2D eigenvalue weighted by molar-refractivity contribution is 0.607. The van der Waals surface area contributed by atoms with E-state index in [-0.39, 0.29) is 34.7 Å². The van der Waals surface area contributed by atoms with Gasteiger partial charge in [-0.1, -0.05) is 4.57 Å². The first-order valence-corrected chi connectivity index (χ1v) is 2.67. The maximum atomic E-state index is 8.17. The molecule has 7 heteroatoms. The van der Waals surface area contributed by atoms with Gasteiger partial charge >= 0.3 is 9.12 Å². The van der Waals surface area contributed by atoms with Crippen LogP contribution in [0.3, 0.4) is 0 Å². The summed E-state index contributed by atoms with van der Waals surface area (Å²) in [5, 5.41) is 0. The Morgan fingerprint density at radius 3 is 1.14 bits per heavy atom. The first-order valence-electron chi connectivity index (χ1n) is 0.454. The van der Waals surface area contributed by atoms with Crippen LogP contribution in [0.25, 0.3) is 0 Å². The normalized spacial score (nSPS) is 1.43. The standard InChI is InChI=1S/ClH2P.2ClH.H2OP.H3P/c1-2;;;1-2;/h2H2;2*1H;2H2;1H3/q;;;+1;. The van der Waals surface area contributed by atoms with Crippen molar-refractivity contribution >= 4 is 63.7 Å². The maximum absolute atomic E-state index is 8.17. The first-order chi connectivity index (χ1) is 2.00. The second kappa shape index (κ2) is 109. The minimum Gasteiger partial charge on any atom is -0.153 e. The van der Waals surface area contributed by atoms with Crippen LogP contribution in [0, 0.1) is 0 Å². The van der Waals surface area contributed by atoms with Crippen LogP contribution in [0.5, 0.6) is 0 Å². The predicted octanol–water partition coefficient (Wildman–Crippen LogP) is 2.12. The fraction of sp³-hybridized carbons (Fsp3) is 0. The van der Waals surface area contributed by atoms with Gasteiger partial charge in [-0.15, -0.1) is 36.1 Å². The summed E-state index contributed by atoms with van der Waals surface area (Å²) in [5.41, 5.74) is 0. The van der Waals surface area contributed by atoms with Gasteiger partial charge in [0.1, 0.15) is 0 Å². The molecule has 0 aromatic heterocycles. The van der Waals surface area contributed by atoms with Crippen molar-refractivity contribution in [2.45, 2.75) is 0 Å². The van der Waals surface area contributed by atoms with Crippen LogP contribution in [0.15, 0.2) is 0 Å². The van der Waals surface area contributed by atoms with Gasteiger partial charge in [0.2, 0.25) is 0 Å². The summed E-state index contributed by atoms with van der Waals surface area (Å²) in [7, 11) is 3.06. The molecule has 7 heavy (non-hydrogen) atoms. The van der Waals surface area contributed by atoms with Crippen molar-refractivity contribution < 1.29 is 4.57 Å². The molecule has 0 spiro atoms. The Morgan fingerprint density at radius 1 is 1.14 bits per heavy atom. The smallest absolute Gasteiger partial charge is 0.153 e. The SMILES string of the molecule is Cl.Cl.O=[PH2+].P.PCl. The summed E-state index contributed by atoms with van der Waals surface area (Å²) in [6.07, 6.45) is 0. The molecular weight excluding hydrogens is 215 g/mol. The fourth-order valence-corrected chi connectivity index (χ4v) is 0. The third-order valence-electron chi connectivity index (χ3n) is 0. The highest BCUT2D eigenvalue weighted by Crippen LogP contribution is 1.78. The van der Waals surface area contributed by atoms with E-state index in [2.05, 4.69) is 11.2 Å². The summed E-state index contributed by atoms with van der Waals surface area (Å²) >= 11 is 4.56. The zero-order valence-corrected chi connectivity index (χ0v) is 9.58. The maximum Gasteiger partial charge on any atom is 0.310 e. The van der Waals surface area contributed by atoms with E-state index < -0.39 is 0 Å². The van der Waals surface area contributed by atoms with E-state index in [1.165, 1.54) is 9.12 Å². The molecule has 0 bridgehead atoms. The van der Waals surface area contributed by atoms with Gasteiger partial charge in [-0.3, -0.25) is 0 Å². The van der Waals surface area contributed by atoms with Gasteiger partial charge in [0.25, 0.3) is 0 Å². The quantitative estimate of drug-likeness (QED) is 0.576. The number of halogens is 3. The second-order valence-corrected chi connectivity index (χ2v) is 0. The van der Waals surface area contributed by atoms with E-state index in [1.54, 1.807) is 0 Å². The lowest BCUT2D eigenvalue weighted by Crippen LogP contribution is -0.489. The Kier molecular flexibility index (Phi) is 575. The van der Waals surface area contributed by atoms with E-state index >= 15 is 0 Å². The number of hydrogen-bond donors (Lipinski definition) is 0. The minimum absolute atomic E-state index is 0. The average Bonchev–Trinajstić information content (AvgIpc) is 1.50. The molecule has 0 aliphatic heterocycles. The van der Waals surface area contributed by atoms with E-state index in [9.17, 15) is 0 Å². The van der Waals surface area contributed by atoms with Gasteiger partial charge < -0.3 is 0 Å². The Balaban J connectivity index is -0.00000000267. The molecule has 0 aromatic carbocycles. The van der Waals surface area contributed by atoms with Gasteiger partial charge in [0.15, 0.2) is 0 Å². The molecule has 1 nitrogen and oxygen atoms in total. The molecule has 0 aliphatic carbocycles. The molecule has 0 radical (unpaired) electrons. The van der Waals surface area contributed by atoms with E-state index in [0.717, 1.165) is 0 Å². The number of rotatable bonds is 0. The summed E-state index contributed by atoms with van der Waals surface area (Å²) < 4.78 is 8.17. The Labute approximate surface area is 68.4 Å². The topological polar surface area (TPSA) is 17.1 Å². The number of hydrogen-bond acceptors (Lipinski definition) is 1. The summed E-state index contributed by atoms with van der Waals surface area (Å²) in [5.74, 6) is 0. The van der Waals surface area contributed by atoms with Gasteiger partial charge in [-0.25, -0.2) is 0 Å². The third-order valence-corrected chi connectivity index (χ3v) is 0. The lowest BCUT2D eigenvalue weighted by atomic mass is 16.0. The van der Waals surface area contributed by atoms with Crippen LogP contribution >= 0.6 is 63.7 Å². The second-order valence-electron chi connectivity index (χ2n) is 0. The van der Waals surface area contributed by atoms with Crippen molar-refractivity contribution in [1.82, 2.24) is 0 Å². The molecular formula is H9Cl3OP3+. The van der Waals surface area contributed by atoms with Crippen LogP contribution < -0.4 is 0 Å². The average molecular weight is 224 g/mol. The van der Waals surface area contributed by atoms with Crippen molar-refractivity contribution in [3.8, 4) is 0 Å². The van der Waals surface area contributed by atoms with Crippen LogP contribution in [-0.2, 0) is 4.57 Å². The zero-order chi connectivity index (χ0) is 4.00. The molecule has 0 aromatic rings. The molecule has 0 N–H and O–H groups in total. The Hall–Kier alpha value is 1.83. The Morgan fingerprint density at radius 2 is 1.14 bits per heavy atom. The largest absolute Gasteiger partial charge is 0.310 e. The van der Waals surface area contributed by atoms with Crippen LogP contribution in [0.2, 0.25) is 0 Å². The molecule has 0 heterocycles. The van der Waals surface area contributed by atoms with Crippen LogP contribution in [0.1, 0.15) is 0 Å². The van der Waals surface area contributed by atoms with Gasteiger partial charge in [-0.2, -0.15) is 9.90 Å². The van der Waals surface area contributed by atoms with Gasteiger partial charge in [0.05, 0.1) is 0 Å². The molecule has 0 saturated carbocycles. The summed E-state index contributed by atoms with van der Waals surface area (Å²) in [4.78, 5) is 0. The molecule has 50 valence electrons. The molecule has 0 rings (SSSR count). The van der Waals surface area contributed by atoms with Crippen molar-refractivity contribution in [3.05, 3.63) is 0 Å². The van der Waals surface area contributed by atoms with Gasteiger partial charge in [0, 0.05) is 0 Å². The van der Waals surface area contributed by atoms with Crippen LogP contribution in [0.4, 0.5) is 0 Å². The highest BCUT2D eigenvalue weighted by molar-refractivity contribution is 7.52. The predicted molar refractivity (Wildman–Crippen MR) is 51.6 cm³/mol. The molecule has 0 fully saturated rings. The van der Waals surface area contributed by atoms with Crippen molar-refractivity contribution in [1.29, 1.82) is 0 Å². The van der Waals surface area contributed by atoms with Crippen LogP contribution in [-0.4, -0.2) is 0 Å². The summed E-state index contributed by atoms with van der Waals surface area (Å²) in [6, 6.07) is 0. The lowest BCUT2D eigenvalue weighted by Gasteiger charge is -1.07. The molecule has 0 aliphatic rings. The highest BCUT2D eigenvalue weighted by Gasteiger charge is 0.929. The molecule has 0 amide bonds. The van der Waals surface area contributed by atoms with E-state index in [1.807, 2.05) is 8.59 Å². The molecule has 3 unspecified atom stereocenters. The Bertz CT molecular complexity index is 10.1. The van der Waals surface area contributed by atoms with Gasteiger partial charge in [-0.05, 0) is 8.59 Å². The monoisotopic (exact) mass is 223 g/mol. The zero-order valence-electron chi connectivity index (χ0n) is 3.46. The summed E-state index contributed by atoms with van der Waals surface area (Å²) in [6.45, 7) is 0. The minimum atomic E-state index is 0. The van der Waals surface area contributed by atoms with E-state index in [0.29, 0.717) is 0 Å². The van der Waals surface area contributed by atoms with Crippen molar-refractivity contribution in [2.24, 2.45) is 0 Å². The van der Waals surface area contributed by atoms with Crippen molar-refractivity contribution in [3.63, 3.8) is 0 Å². The fourth-order valence-electron chi connectivity index (χ4n) is 0. The first kappa shape index (κ1) is 36.9.